The predicted molar refractivity (Wildman–Crippen MR) is 106 cm³/mol. The largest absolute Gasteiger partial charge is 0.323 e. The van der Waals surface area contributed by atoms with Gasteiger partial charge in [-0.1, -0.05) is 31.9 Å². The van der Waals surface area contributed by atoms with E-state index in [0.29, 0.717) is 37.5 Å². The maximum atomic E-state index is 12.9. The topological polar surface area (TPSA) is 69.7 Å². The van der Waals surface area contributed by atoms with Crippen LogP contribution in [0, 0.1) is 5.92 Å². The molecule has 27 heavy (non-hydrogen) atoms. The Hall–Kier alpha value is -1.15. The Balaban J connectivity index is 1.77. The van der Waals surface area contributed by atoms with Crippen LogP contribution in [0.5, 0.6) is 0 Å². The lowest BCUT2D eigenvalue weighted by Gasteiger charge is -2.44. The van der Waals surface area contributed by atoms with Crippen LogP contribution in [0.25, 0.3) is 0 Å². The Morgan fingerprint density at radius 3 is 2.33 bits per heavy atom. The second kappa shape index (κ2) is 7.70. The van der Waals surface area contributed by atoms with E-state index < -0.39 is 15.7 Å². The van der Waals surface area contributed by atoms with E-state index in [4.69, 9.17) is 11.6 Å². The first-order chi connectivity index (χ1) is 12.7. The molecule has 2 atom stereocenters. The van der Waals surface area contributed by atoms with E-state index in [9.17, 15) is 13.2 Å². The zero-order chi connectivity index (χ0) is 19.8. The molecular weight excluding hydrogens is 386 g/mol. The number of halogens is 1. The fourth-order valence-corrected chi connectivity index (χ4v) is 5.72. The van der Waals surface area contributed by atoms with Crippen molar-refractivity contribution in [3.05, 3.63) is 29.3 Å². The quantitative estimate of drug-likeness (QED) is 0.805. The van der Waals surface area contributed by atoms with Crippen LogP contribution in [0.15, 0.2) is 29.2 Å². The van der Waals surface area contributed by atoms with Crippen LogP contribution in [-0.2, 0) is 14.8 Å². The molecule has 1 amide bonds. The molecule has 150 valence electrons. The number of nitrogens with zero attached hydrogens (tertiary/aromatic N) is 2. The van der Waals surface area contributed by atoms with Gasteiger partial charge in [0.2, 0.25) is 15.9 Å². The van der Waals surface area contributed by atoms with E-state index in [1.807, 2.05) is 11.8 Å². The van der Waals surface area contributed by atoms with E-state index in [-0.39, 0.29) is 22.8 Å². The number of amides is 1. The predicted octanol–water partition coefficient (Wildman–Crippen LogP) is 2.69. The third-order valence-electron chi connectivity index (χ3n) is 6.00. The van der Waals surface area contributed by atoms with Gasteiger partial charge in [0.25, 0.3) is 0 Å². The zero-order valence-corrected chi connectivity index (χ0v) is 17.7. The molecule has 2 aliphatic rings. The van der Waals surface area contributed by atoms with Gasteiger partial charge in [-0.2, -0.15) is 4.31 Å². The van der Waals surface area contributed by atoms with Crippen molar-refractivity contribution in [1.29, 1.82) is 0 Å². The van der Waals surface area contributed by atoms with Crippen LogP contribution in [0.2, 0.25) is 5.02 Å². The number of hydrogen-bond donors (Lipinski definition) is 1. The summed E-state index contributed by atoms with van der Waals surface area (Å²) in [5.74, 6) is 0.391. The summed E-state index contributed by atoms with van der Waals surface area (Å²) in [6, 6.07) is 6.07. The second-order valence-corrected chi connectivity index (χ2v) is 9.85. The fourth-order valence-electron chi connectivity index (χ4n) is 4.15. The normalized spacial score (nSPS) is 24.5. The molecule has 0 bridgehead atoms. The van der Waals surface area contributed by atoms with E-state index in [1.54, 1.807) is 12.1 Å². The molecule has 0 aromatic heterocycles. The van der Waals surface area contributed by atoms with Crippen molar-refractivity contribution in [2.75, 3.05) is 19.6 Å². The monoisotopic (exact) mass is 413 g/mol. The molecule has 2 saturated heterocycles. The molecule has 0 saturated carbocycles. The lowest BCUT2D eigenvalue weighted by molar-refractivity contribution is -0.133. The molecule has 3 rings (SSSR count). The average molecular weight is 414 g/mol. The number of carbonyl (C=O) groups excluding carboxylic acids is 1. The molecule has 0 radical (unpaired) electrons. The van der Waals surface area contributed by atoms with Gasteiger partial charge in [0.1, 0.15) is 0 Å². The molecule has 1 aromatic carbocycles. The van der Waals surface area contributed by atoms with Crippen molar-refractivity contribution in [3.8, 4) is 0 Å². The maximum absolute atomic E-state index is 12.9. The molecule has 1 N–H and O–H groups in total. The number of hydrogen-bond acceptors (Lipinski definition) is 4. The van der Waals surface area contributed by atoms with Crippen LogP contribution >= 0.6 is 11.6 Å². The van der Waals surface area contributed by atoms with E-state index in [2.05, 4.69) is 19.2 Å². The summed E-state index contributed by atoms with van der Waals surface area (Å²) >= 11 is 5.87. The number of sulfonamides is 1. The van der Waals surface area contributed by atoms with Gasteiger partial charge in [0.05, 0.1) is 16.6 Å². The summed E-state index contributed by atoms with van der Waals surface area (Å²) in [6.45, 7) is 7.55. The number of rotatable bonds is 5. The molecule has 2 aliphatic heterocycles. The SMILES string of the molecule is CC[C@@H](C)[C@H]1NC2(CCN(S(=O)(=O)c3ccc(Cl)cc3)CC2)N(CC)C1=O. The van der Waals surface area contributed by atoms with Crippen molar-refractivity contribution in [1.82, 2.24) is 14.5 Å². The summed E-state index contributed by atoms with van der Waals surface area (Å²) in [5.41, 5.74) is -0.439. The van der Waals surface area contributed by atoms with Crippen molar-refractivity contribution >= 4 is 27.5 Å². The highest BCUT2D eigenvalue weighted by molar-refractivity contribution is 7.89. The Bertz CT molecular complexity index is 789. The van der Waals surface area contributed by atoms with E-state index in [0.717, 1.165) is 6.42 Å². The zero-order valence-electron chi connectivity index (χ0n) is 16.1. The van der Waals surface area contributed by atoms with Crippen LogP contribution in [0.1, 0.15) is 40.0 Å². The van der Waals surface area contributed by atoms with Crippen LogP contribution in [0.4, 0.5) is 0 Å². The van der Waals surface area contributed by atoms with Gasteiger partial charge in [0, 0.05) is 24.7 Å². The van der Waals surface area contributed by atoms with E-state index >= 15 is 0 Å². The highest BCUT2D eigenvalue weighted by Gasteiger charge is 2.52. The summed E-state index contributed by atoms with van der Waals surface area (Å²) < 4.78 is 27.3. The van der Waals surface area contributed by atoms with Crippen LogP contribution in [0.3, 0.4) is 0 Å². The highest BCUT2D eigenvalue weighted by Crippen LogP contribution is 2.36. The minimum Gasteiger partial charge on any atom is -0.323 e. The molecule has 1 aromatic rings. The van der Waals surface area contributed by atoms with Crippen molar-refractivity contribution in [3.63, 3.8) is 0 Å². The molecule has 2 fully saturated rings. The van der Waals surface area contributed by atoms with Gasteiger partial charge in [-0.25, -0.2) is 8.42 Å². The smallest absolute Gasteiger partial charge is 0.243 e. The van der Waals surface area contributed by atoms with Crippen LogP contribution in [-0.4, -0.2) is 54.9 Å². The number of benzene rings is 1. The lowest BCUT2D eigenvalue weighted by Crippen LogP contribution is -2.59. The average Bonchev–Trinajstić information content (AvgIpc) is 2.93. The molecule has 8 heteroatoms. The Morgan fingerprint density at radius 2 is 1.81 bits per heavy atom. The van der Waals surface area contributed by atoms with Crippen LogP contribution < -0.4 is 5.32 Å². The van der Waals surface area contributed by atoms with Gasteiger partial charge in [0.15, 0.2) is 0 Å². The first-order valence-corrected chi connectivity index (χ1v) is 11.4. The third kappa shape index (κ3) is 3.62. The number of likely N-dealkylation sites (N-methyl/N-ethyl adjacent to an activating group) is 1. The van der Waals surface area contributed by atoms with Crippen molar-refractivity contribution in [2.45, 2.75) is 56.6 Å². The maximum Gasteiger partial charge on any atom is 0.243 e. The lowest BCUT2D eigenvalue weighted by atomic mass is 9.96. The first-order valence-electron chi connectivity index (χ1n) is 9.60. The number of nitrogens with one attached hydrogen (secondary N) is 1. The first kappa shape index (κ1) is 20.6. The molecule has 1 spiro atoms. The van der Waals surface area contributed by atoms with Gasteiger partial charge >= 0.3 is 0 Å². The summed E-state index contributed by atoms with van der Waals surface area (Å²) in [4.78, 5) is 15.0. The van der Waals surface area contributed by atoms with Gasteiger partial charge in [-0.15, -0.1) is 0 Å². The minimum atomic E-state index is -3.55. The molecule has 0 aliphatic carbocycles. The summed E-state index contributed by atoms with van der Waals surface area (Å²) in [7, 11) is -3.55. The molecule has 2 heterocycles. The molecular formula is C19H28ClN3O3S. The Kier molecular flexibility index (Phi) is 5.87. The van der Waals surface area contributed by atoms with Gasteiger partial charge in [-0.3, -0.25) is 10.1 Å². The third-order valence-corrected chi connectivity index (χ3v) is 8.17. The molecule has 0 unspecified atom stereocenters. The standard InChI is InChI=1S/C19H28ClN3O3S/c1-4-14(3)17-18(24)23(5-2)19(21-17)10-12-22(13-11-19)27(25,26)16-8-6-15(20)7-9-16/h6-9,14,17,21H,4-5,10-13H2,1-3H3/t14-,17-/m1/s1. The summed E-state index contributed by atoms with van der Waals surface area (Å²) in [5, 5.41) is 4.07. The van der Waals surface area contributed by atoms with Crippen molar-refractivity contribution < 1.29 is 13.2 Å². The molecule has 6 nitrogen and oxygen atoms in total. The second-order valence-electron chi connectivity index (χ2n) is 7.48. The highest BCUT2D eigenvalue weighted by atomic mass is 35.5. The van der Waals surface area contributed by atoms with E-state index in [1.165, 1.54) is 16.4 Å². The number of piperidine rings is 1. The number of carbonyl (C=O) groups is 1. The summed E-state index contributed by atoms with van der Waals surface area (Å²) in [6.07, 6.45) is 2.10. The van der Waals surface area contributed by atoms with Gasteiger partial charge in [-0.05, 0) is 49.9 Å². The van der Waals surface area contributed by atoms with Crippen molar-refractivity contribution in [2.24, 2.45) is 5.92 Å². The minimum absolute atomic E-state index is 0.140. The van der Waals surface area contributed by atoms with Gasteiger partial charge < -0.3 is 4.90 Å². The fraction of sp³-hybridized carbons (Fsp3) is 0.632. The Labute approximate surface area is 166 Å². The Morgan fingerprint density at radius 1 is 1.22 bits per heavy atom.